The molecule has 2 aromatic carbocycles. The minimum Gasteiger partial charge on any atom is -0.271 e. The highest BCUT2D eigenvalue weighted by atomic mass is 16.6. The van der Waals surface area contributed by atoms with Gasteiger partial charge in [0.1, 0.15) is 6.54 Å². The van der Waals surface area contributed by atoms with Crippen LogP contribution in [0, 0.1) is 0 Å². The molecule has 0 saturated heterocycles. The Hall–Kier alpha value is -2.99. The van der Waals surface area contributed by atoms with Gasteiger partial charge in [-0.05, 0) is 17.7 Å². The Balaban J connectivity index is 1.55. The normalized spacial score (nSPS) is 13.1. The first-order valence-electron chi connectivity index (χ1n) is 7.06. The van der Waals surface area contributed by atoms with Crippen LogP contribution >= 0.6 is 0 Å². The second-order valence-corrected chi connectivity index (χ2v) is 5.04. The monoisotopic (exact) mass is 310 g/mol. The molecule has 0 aromatic heterocycles. The number of carbonyl (C=O) groups excluding carboxylic acids is 3. The summed E-state index contributed by atoms with van der Waals surface area (Å²) in [6.07, 6.45) is 0. The molecule has 0 aliphatic carbocycles. The molecule has 1 N–H and O–H groups in total. The Morgan fingerprint density at radius 2 is 1.48 bits per heavy atom. The molecule has 116 valence electrons. The van der Waals surface area contributed by atoms with Crippen molar-refractivity contribution in [2.24, 2.45) is 0 Å². The van der Waals surface area contributed by atoms with E-state index < -0.39 is 17.7 Å². The standard InChI is InChI=1S/C17H14N2O4/c20-15(18-23-11-12-6-2-1-3-7-12)10-19-16(21)13-8-4-5-9-14(13)17(19)22/h1-9H,10-11H2,(H,18,20). The number of benzene rings is 2. The summed E-state index contributed by atoms with van der Waals surface area (Å²) in [4.78, 5) is 42.1. The second kappa shape index (κ2) is 6.41. The summed E-state index contributed by atoms with van der Waals surface area (Å²) in [7, 11) is 0. The van der Waals surface area contributed by atoms with Crippen molar-refractivity contribution in [3.8, 4) is 0 Å². The van der Waals surface area contributed by atoms with E-state index in [1.807, 2.05) is 30.3 Å². The highest BCUT2D eigenvalue weighted by Crippen LogP contribution is 2.21. The van der Waals surface area contributed by atoms with Crippen LogP contribution in [0.25, 0.3) is 0 Å². The smallest absolute Gasteiger partial charge is 0.263 e. The van der Waals surface area contributed by atoms with Gasteiger partial charge in [-0.2, -0.15) is 0 Å². The number of fused-ring (bicyclic) bond motifs is 1. The highest BCUT2D eigenvalue weighted by molar-refractivity contribution is 6.22. The van der Waals surface area contributed by atoms with E-state index in [0.717, 1.165) is 10.5 Å². The molecule has 6 nitrogen and oxygen atoms in total. The van der Waals surface area contributed by atoms with Gasteiger partial charge in [0.25, 0.3) is 17.7 Å². The number of amides is 3. The second-order valence-electron chi connectivity index (χ2n) is 5.04. The van der Waals surface area contributed by atoms with Crippen LogP contribution in [0.2, 0.25) is 0 Å². The predicted octanol–water partition coefficient (Wildman–Crippen LogP) is 1.53. The van der Waals surface area contributed by atoms with Gasteiger partial charge in [0.15, 0.2) is 0 Å². The van der Waals surface area contributed by atoms with Crippen molar-refractivity contribution < 1.29 is 19.2 Å². The summed E-state index contributed by atoms with van der Waals surface area (Å²) in [6.45, 7) is -0.171. The van der Waals surface area contributed by atoms with Crippen molar-refractivity contribution in [1.82, 2.24) is 10.4 Å². The third-order valence-corrected chi connectivity index (χ3v) is 3.45. The lowest BCUT2D eigenvalue weighted by atomic mass is 10.1. The third-order valence-electron chi connectivity index (χ3n) is 3.45. The van der Waals surface area contributed by atoms with Gasteiger partial charge in [-0.3, -0.25) is 24.1 Å². The van der Waals surface area contributed by atoms with E-state index in [1.165, 1.54) is 0 Å². The Bertz CT molecular complexity index is 723. The van der Waals surface area contributed by atoms with E-state index >= 15 is 0 Å². The highest BCUT2D eigenvalue weighted by Gasteiger charge is 2.36. The fraction of sp³-hybridized carbons (Fsp3) is 0.118. The lowest BCUT2D eigenvalue weighted by Gasteiger charge is -2.13. The molecular weight excluding hydrogens is 296 g/mol. The molecule has 0 atom stereocenters. The molecule has 0 saturated carbocycles. The zero-order valence-corrected chi connectivity index (χ0v) is 12.2. The number of nitrogens with zero attached hydrogens (tertiary/aromatic N) is 1. The molecule has 6 heteroatoms. The zero-order chi connectivity index (χ0) is 16.2. The Kier molecular flexibility index (Phi) is 4.16. The molecule has 0 radical (unpaired) electrons. The first-order chi connectivity index (χ1) is 11.2. The van der Waals surface area contributed by atoms with Gasteiger partial charge in [-0.1, -0.05) is 42.5 Å². The van der Waals surface area contributed by atoms with Crippen LogP contribution in [-0.2, 0) is 16.2 Å². The minimum absolute atomic E-state index is 0.203. The first-order valence-corrected chi connectivity index (χ1v) is 7.06. The van der Waals surface area contributed by atoms with E-state index in [2.05, 4.69) is 5.48 Å². The lowest BCUT2D eigenvalue weighted by Crippen LogP contribution is -2.40. The third kappa shape index (κ3) is 3.12. The van der Waals surface area contributed by atoms with E-state index in [4.69, 9.17) is 4.84 Å². The summed E-state index contributed by atoms with van der Waals surface area (Å²) in [6, 6.07) is 15.8. The molecule has 1 aliphatic rings. The SMILES string of the molecule is O=C(CN1C(=O)c2ccccc2C1=O)NOCc1ccccc1. The number of carbonyl (C=O) groups is 3. The molecule has 3 amide bonds. The minimum atomic E-state index is -0.560. The van der Waals surface area contributed by atoms with Crippen LogP contribution in [0.1, 0.15) is 26.3 Å². The number of nitrogens with one attached hydrogen (secondary N) is 1. The summed E-state index contributed by atoms with van der Waals surface area (Å²) in [5.41, 5.74) is 3.77. The fourth-order valence-corrected chi connectivity index (χ4v) is 2.33. The molecule has 23 heavy (non-hydrogen) atoms. The number of imide groups is 1. The molecule has 0 unspecified atom stereocenters. The van der Waals surface area contributed by atoms with Crippen LogP contribution in [0.4, 0.5) is 0 Å². The Morgan fingerprint density at radius 3 is 2.09 bits per heavy atom. The molecule has 0 bridgehead atoms. The van der Waals surface area contributed by atoms with Gasteiger partial charge >= 0.3 is 0 Å². The Labute approximate surface area is 132 Å². The lowest BCUT2D eigenvalue weighted by molar-refractivity contribution is -0.134. The maximum Gasteiger partial charge on any atom is 0.263 e. The molecule has 0 fully saturated rings. The molecule has 2 aromatic rings. The van der Waals surface area contributed by atoms with Gasteiger partial charge in [-0.25, -0.2) is 5.48 Å². The van der Waals surface area contributed by atoms with Gasteiger partial charge in [0, 0.05) is 0 Å². The maximum atomic E-state index is 12.1. The molecular formula is C17H14N2O4. The van der Waals surface area contributed by atoms with Crippen molar-refractivity contribution in [2.45, 2.75) is 6.61 Å². The van der Waals surface area contributed by atoms with Gasteiger partial charge in [0.2, 0.25) is 0 Å². The van der Waals surface area contributed by atoms with E-state index in [-0.39, 0.29) is 13.2 Å². The molecule has 0 spiro atoms. The van der Waals surface area contributed by atoms with Gasteiger partial charge < -0.3 is 0 Å². The van der Waals surface area contributed by atoms with Crippen LogP contribution < -0.4 is 5.48 Å². The van der Waals surface area contributed by atoms with Crippen molar-refractivity contribution in [3.63, 3.8) is 0 Å². The molecule has 3 rings (SSSR count). The van der Waals surface area contributed by atoms with E-state index in [9.17, 15) is 14.4 Å². The summed E-state index contributed by atoms with van der Waals surface area (Å²) < 4.78 is 0. The average Bonchev–Trinajstić information content (AvgIpc) is 2.81. The van der Waals surface area contributed by atoms with Crippen molar-refractivity contribution >= 4 is 17.7 Å². The summed E-state index contributed by atoms with van der Waals surface area (Å²) >= 11 is 0. The fourth-order valence-electron chi connectivity index (χ4n) is 2.33. The summed E-state index contributed by atoms with van der Waals surface area (Å²) in [5.74, 6) is -1.50. The maximum absolute atomic E-state index is 12.1. The number of hydroxylamine groups is 1. The van der Waals surface area contributed by atoms with Crippen LogP contribution in [-0.4, -0.2) is 29.2 Å². The number of hydrogen-bond donors (Lipinski definition) is 1. The summed E-state index contributed by atoms with van der Waals surface area (Å²) in [5, 5.41) is 0. The topological polar surface area (TPSA) is 75.7 Å². The molecule has 1 aliphatic heterocycles. The van der Waals surface area contributed by atoms with Crippen LogP contribution in [0.5, 0.6) is 0 Å². The zero-order valence-electron chi connectivity index (χ0n) is 12.2. The van der Waals surface area contributed by atoms with E-state index in [0.29, 0.717) is 11.1 Å². The van der Waals surface area contributed by atoms with Gasteiger partial charge in [-0.15, -0.1) is 0 Å². The number of hydrogen-bond acceptors (Lipinski definition) is 4. The van der Waals surface area contributed by atoms with Crippen molar-refractivity contribution in [1.29, 1.82) is 0 Å². The van der Waals surface area contributed by atoms with Crippen LogP contribution in [0.15, 0.2) is 54.6 Å². The van der Waals surface area contributed by atoms with E-state index in [1.54, 1.807) is 24.3 Å². The first kappa shape index (κ1) is 14.9. The molecule has 1 heterocycles. The van der Waals surface area contributed by atoms with Gasteiger partial charge in [0.05, 0.1) is 17.7 Å². The predicted molar refractivity (Wildman–Crippen MR) is 81.2 cm³/mol. The van der Waals surface area contributed by atoms with Crippen molar-refractivity contribution in [3.05, 3.63) is 71.3 Å². The number of rotatable bonds is 5. The average molecular weight is 310 g/mol. The largest absolute Gasteiger partial charge is 0.271 e. The van der Waals surface area contributed by atoms with Crippen molar-refractivity contribution in [2.75, 3.05) is 6.54 Å². The van der Waals surface area contributed by atoms with Crippen LogP contribution in [0.3, 0.4) is 0 Å². The quantitative estimate of drug-likeness (QED) is 0.671. The Morgan fingerprint density at radius 1 is 0.913 bits per heavy atom.